The number of hydrogen-bond acceptors (Lipinski definition) is 4. The van der Waals surface area contributed by atoms with E-state index >= 15 is 0 Å². The van der Waals surface area contributed by atoms with Crippen LogP contribution >= 0.6 is 11.6 Å². The van der Waals surface area contributed by atoms with Gasteiger partial charge in [0.1, 0.15) is 11.6 Å². The molecule has 1 atom stereocenters. The van der Waals surface area contributed by atoms with Gasteiger partial charge in [0.05, 0.1) is 17.4 Å². The molecule has 0 spiro atoms. The highest BCUT2D eigenvalue weighted by atomic mass is 35.5. The van der Waals surface area contributed by atoms with Crippen LogP contribution in [0.4, 0.5) is 0 Å². The van der Waals surface area contributed by atoms with E-state index in [0.29, 0.717) is 17.1 Å². The molecule has 0 amide bonds. The maximum absolute atomic E-state index is 12.7. The number of nitrogens with one attached hydrogen (secondary N) is 1. The smallest absolute Gasteiger partial charge is 0.272 e. The van der Waals surface area contributed by atoms with Crippen LogP contribution < -0.4 is 5.56 Å². The lowest BCUT2D eigenvalue weighted by Crippen LogP contribution is -2.18. The third-order valence-electron chi connectivity index (χ3n) is 4.85. The predicted molar refractivity (Wildman–Crippen MR) is 109 cm³/mol. The van der Waals surface area contributed by atoms with Gasteiger partial charge in [-0.15, -0.1) is 0 Å². The van der Waals surface area contributed by atoms with Crippen molar-refractivity contribution in [3.63, 3.8) is 0 Å². The molecule has 28 heavy (non-hydrogen) atoms. The summed E-state index contributed by atoms with van der Waals surface area (Å²) in [6, 6.07) is 9.13. The van der Waals surface area contributed by atoms with E-state index in [0.717, 1.165) is 34.2 Å². The molecule has 0 bridgehead atoms. The second-order valence-electron chi connectivity index (χ2n) is 7.07. The molecule has 0 aliphatic heterocycles. The fraction of sp³-hybridized carbons (Fsp3) is 0.300. The lowest BCUT2D eigenvalue weighted by atomic mass is 10.1. The zero-order valence-corrected chi connectivity index (χ0v) is 16.9. The molecule has 0 unspecified atom stereocenters. The summed E-state index contributed by atoms with van der Waals surface area (Å²) in [7, 11) is 0. The number of rotatable bonds is 4. The van der Waals surface area contributed by atoms with E-state index in [9.17, 15) is 4.79 Å². The Kier molecular flexibility index (Phi) is 4.55. The van der Waals surface area contributed by atoms with Gasteiger partial charge in [-0.2, -0.15) is 5.10 Å². The Morgan fingerprint density at radius 3 is 2.64 bits per heavy atom. The van der Waals surface area contributed by atoms with Crippen molar-refractivity contribution in [2.75, 3.05) is 0 Å². The van der Waals surface area contributed by atoms with Crippen molar-refractivity contribution in [2.45, 2.75) is 40.2 Å². The van der Waals surface area contributed by atoms with Gasteiger partial charge >= 0.3 is 0 Å². The van der Waals surface area contributed by atoms with Crippen molar-refractivity contribution >= 4 is 17.2 Å². The van der Waals surface area contributed by atoms with Crippen LogP contribution in [-0.2, 0) is 6.42 Å². The molecular weight excluding hydrogens is 376 g/mol. The van der Waals surface area contributed by atoms with Gasteiger partial charge in [-0.05, 0) is 39.8 Å². The van der Waals surface area contributed by atoms with Crippen molar-refractivity contribution in [3.8, 4) is 11.3 Å². The minimum Gasteiger partial charge on any atom is -0.289 e. The van der Waals surface area contributed by atoms with Crippen molar-refractivity contribution < 1.29 is 0 Å². The topological polar surface area (TPSA) is 80.9 Å². The van der Waals surface area contributed by atoms with Gasteiger partial charge in [-0.25, -0.2) is 19.2 Å². The maximum Gasteiger partial charge on any atom is 0.272 e. The number of halogens is 1. The van der Waals surface area contributed by atoms with Gasteiger partial charge in [0.15, 0.2) is 5.65 Å². The third kappa shape index (κ3) is 3.22. The molecule has 0 aliphatic carbocycles. The number of benzene rings is 1. The van der Waals surface area contributed by atoms with E-state index in [-0.39, 0.29) is 11.6 Å². The van der Waals surface area contributed by atoms with Crippen molar-refractivity contribution in [1.82, 2.24) is 29.4 Å². The molecule has 0 saturated heterocycles. The standard InChI is InChI=1S/C20H21ClN6O/c1-11(26-14(4)22-13(3)24-26)8-17-10-18(28)27-20(23-17)12(2)19(25-27)15-6-5-7-16(21)9-15/h5-7,9-11,25H,8H2,1-4H3/t11-/m1/s1. The van der Waals surface area contributed by atoms with Crippen LogP contribution in [0.2, 0.25) is 5.02 Å². The zero-order valence-electron chi connectivity index (χ0n) is 16.2. The fourth-order valence-corrected chi connectivity index (χ4v) is 3.76. The molecule has 0 fully saturated rings. The van der Waals surface area contributed by atoms with Gasteiger partial charge in [-0.1, -0.05) is 23.7 Å². The average molecular weight is 397 g/mol. The first-order valence-corrected chi connectivity index (χ1v) is 9.48. The summed E-state index contributed by atoms with van der Waals surface area (Å²) in [5.41, 5.74) is 3.86. The second kappa shape index (κ2) is 6.91. The largest absolute Gasteiger partial charge is 0.289 e. The summed E-state index contributed by atoms with van der Waals surface area (Å²) in [5, 5.41) is 8.23. The first-order chi connectivity index (χ1) is 13.3. The molecule has 3 aromatic heterocycles. The Morgan fingerprint density at radius 1 is 1.18 bits per heavy atom. The highest BCUT2D eigenvalue weighted by Crippen LogP contribution is 2.26. The van der Waals surface area contributed by atoms with Crippen molar-refractivity contribution in [2.24, 2.45) is 0 Å². The summed E-state index contributed by atoms with van der Waals surface area (Å²) in [4.78, 5) is 21.8. The maximum atomic E-state index is 12.7. The summed E-state index contributed by atoms with van der Waals surface area (Å²) in [5.74, 6) is 1.59. The van der Waals surface area contributed by atoms with Gasteiger partial charge < -0.3 is 0 Å². The minimum atomic E-state index is -0.143. The number of aryl methyl sites for hydroxylation is 3. The molecule has 0 saturated carbocycles. The van der Waals surface area contributed by atoms with Crippen LogP contribution in [-0.4, -0.2) is 29.4 Å². The van der Waals surface area contributed by atoms with E-state index in [1.165, 1.54) is 4.52 Å². The van der Waals surface area contributed by atoms with E-state index < -0.39 is 0 Å². The van der Waals surface area contributed by atoms with E-state index in [2.05, 4.69) is 15.2 Å². The van der Waals surface area contributed by atoms with Crippen LogP contribution in [0.3, 0.4) is 0 Å². The summed E-state index contributed by atoms with van der Waals surface area (Å²) in [6.45, 7) is 7.79. The van der Waals surface area contributed by atoms with Gasteiger partial charge in [0.25, 0.3) is 5.56 Å². The van der Waals surface area contributed by atoms with Crippen LogP contribution in [0.15, 0.2) is 35.1 Å². The van der Waals surface area contributed by atoms with Crippen LogP contribution in [0.5, 0.6) is 0 Å². The van der Waals surface area contributed by atoms with Gasteiger partial charge in [0, 0.05) is 28.6 Å². The van der Waals surface area contributed by atoms with Gasteiger partial charge in [0.2, 0.25) is 0 Å². The summed E-state index contributed by atoms with van der Waals surface area (Å²) < 4.78 is 3.35. The monoisotopic (exact) mass is 396 g/mol. The van der Waals surface area contributed by atoms with Gasteiger partial charge in [-0.3, -0.25) is 9.89 Å². The molecule has 4 rings (SSSR count). The molecule has 7 nitrogen and oxygen atoms in total. The summed E-state index contributed by atoms with van der Waals surface area (Å²) >= 11 is 6.12. The quantitative estimate of drug-likeness (QED) is 0.570. The number of fused-ring (bicyclic) bond motifs is 1. The number of H-pyrrole nitrogens is 1. The third-order valence-corrected chi connectivity index (χ3v) is 5.08. The zero-order chi connectivity index (χ0) is 20.0. The van der Waals surface area contributed by atoms with E-state index in [1.807, 2.05) is 56.6 Å². The van der Waals surface area contributed by atoms with Crippen molar-refractivity contribution in [3.05, 3.63) is 68.6 Å². The molecular formula is C20H21ClN6O. The molecule has 8 heteroatoms. The summed E-state index contributed by atoms with van der Waals surface area (Å²) in [6.07, 6.45) is 0.590. The van der Waals surface area contributed by atoms with E-state index in [4.69, 9.17) is 16.6 Å². The Morgan fingerprint density at radius 2 is 1.96 bits per heavy atom. The predicted octanol–water partition coefficient (Wildman–Crippen LogP) is 3.66. The number of aromatic amines is 1. The normalized spacial score (nSPS) is 12.6. The lowest BCUT2D eigenvalue weighted by molar-refractivity contribution is 0.469. The van der Waals surface area contributed by atoms with Crippen LogP contribution in [0.1, 0.15) is 35.9 Å². The minimum absolute atomic E-state index is 0.0437. The van der Waals surface area contributed by atoms with E-state index in [1.54, 1.807) is 6.07 Å². The Hall–Kier alpha value is -2.93. The van der Waals surface area contributed by atoms with Crippen LogP contribution in [0, 0.1) is 20.8 Å². The number of aromatic nitrogens is 6. The first-order valence-electron chi connectivity index (χ1n) is 9.10. The lowest BCUT2D eigenvalue weighted by Gasteiger charge is -2.12. The first kappa shape index (κ1) is 18.4. The Labute approximate surface area is 167 Å². The molecule has 0 radical (unpaired) electrons. The van der Waals surface area contributed by atoms with Crippen molar-refractivity contribution in [1.29, 1.82) is 0 Å². The molecule has 3 heterocycles. The Balaban J connectivity index is 1.75. The number of nitrogens with zero attached hydrogens (tertiary/aromatic N) is 5. The number of hydrogen-bond donors (Lipinski definition) is 1. The molecule has 1 aromatic carbocycles. The molecule has 1 N–H and O–H groups in total. The highest BCUT2D eigenvalue weighted by Gasteiger charge is 2.17. The second-order valence-corrected chi connectivity index (χ2v) is 7.51. The molecule has 0 aliphatic rings. The van der Waals surface area contributed by atoms with Crippen LogP contribution in [0.25, 0.3) is 16.9 Å². The highest BCUT2D eigenvalue weighted by molar-refractivity contribution is 6.30. The Bertz CT molecular complexity index is 1240. The molecule has 144 valence electrons. The SMILES string of the molecule is Cc1nc(C)n([C@H](C)Cc2cc(=O)n3[nH]c(-c4cccc(Cl)c4)c(C)c3n2)n1. The average Bonchev–Trinajstić information content (AvgIpc) is 3.15. The fourth-order valence-electron chi connectivity index (χ4n) is 3.57. The molecule has 4 aromatic rings.